The Morgan fingerprint density at radius 1 is 1.12 bits per heavy atom. The fourth-order valence-electron chi connectivity index (χ4n) is 3.75. The van der Waals surface area contributed by atoms with Crippen LogP contribution in [-0.4, -0.2) is 31.5 Å². The van der Waals surface area contributed by atoms with Crippen LogP contribution in [0.15, 0.2) is 73.6 Å². The molecule has 2 aromatic heterocycles. The molecule has 0 aliphatic carbocycles. The molecule has 33 heavy (non-hydrogen) atoms. The van der Waals surface area contributed by atoms with Gasteiger partial charge in [-0.2, -0.15) is 18.3 Å². The summed E-state index contributed by atoms with van der Waals surface area (Å²) in [5, 5.41) is 15.5. The molecule has 6 nitrogen and oxygen atoms in total. The molecular weight excluding hydrogens is 440 g/mol. The lowest BCUT2D eigenvalue weighted by Crippen LogP contribution is -2.43. The average Bonchev–Trinajstić information content (AvgIpc) is 3.37. The molecule has 0 fully saturated rings. The Morgan fingerprint density at radius 2 is 1.82 bits per heavy atom. The Labute approximate surface area is 185 Å². The molecular formula is C23H18F4N4O2. The van der Waals surface area contributed by atoms with E-state index in [4.69, 9.17) is 5.73 Å². The van der Waals surface area contributed by atoms with E-state index in [1.807, 2.05) is 0 Å². The lowest BCUT2D eigenvalue weighted by molar-refractivity contribution is -0.248. The van der Waals surface area contributed by atoms with Crippen LogP contribution in [-0.2, 0) is 12.1 Å². The number of aliphatic hydroxyl groups is 1. The maximum atomic E-state index is 14.3. The molecule has 0 aliphatic rings. The first-order valence-corrected chi connectivity index (χ1v) is 9.71. The largest absolute Gasteiger partial charge is 0.425 e. The van der Waals surface area contributed by atoms with Crippen LogP contribution < -0.4 is 5.73 Å². The summed E-state index contributed by atoms with van der Waals surface area (Å²) in [5.74, 6) is -1.38. The summed E-state index contributed by atoms with van der Waals surface area (Å²) >= 11 is 0. The van der Waals surface area contributed by atoms with Crippen LogP contribution in [0.2, 0.25) is 0 Å². The molecule has 1 atom stereocenters. The summed E-state index contributed by atoms with van der Waals surface area (Å²) in [7, 11) is 0. The number of amides is 1. The quantitative estimate of drug-likeness (QED) is 0.338. The average molecular weight is 458 g/mol. The van der Waals surface area contributed by atoms with Crippen LogP contribution in [0.1, 0.15) is 21.6 Å². The Hall–Kier alpha value is -3.92. The van der Waals surface area contributed by atoms with E-state index < -0.39 is 34.6 Å². The minimum Gasteiger partial charge on any atom is -0.372 e. The number of hydrogen-bond donors (Lipinski definition) is 2. The van der Waals surface area contributed by atoms with Gasteiger partial charge in [-0.3, -0.25) is 4.79 Å². The van der Waals surface area contributed by atoms with Gasteiger partial charge in [0.1, 0.15) is 11.5 Å². The van der Waals surface area contributed by atoms with E-state index >= 15 is 0 Å². The normalized spacial score (nSPS) is 13.7. The SMILES string of the molecule is C=CCn1cc(C(O)(c2ccc3c(cnn3-c3ccc(F)cc3)c2)C(F)(F)F)cc1C(N)=O. The number of primary amides is 1. The van der Waals surface area contributed by atoms with Crippen molar-refractivity contribution in [1.82, 2.24) is 14.3 Å². The fourth-order valence-corrected chi connectivity index (χ4v) is 3.75. The Kier molecular flexibility index (Phi) is 5.33. The summed E-state index contributed by atoms with van der Waals surface area (Å²) in [6, 6.07) is 10.0. The van der Waals surface area contributed by atoms with E-state index in [1.54, 1.807) is 0 Å². The summed E-state index contributed by atoms with van der Waals surface area (Å²) in [6.07, 6.45) is -1.36. The zero-order valence-corrected chi connectivity index (χ0v) is 17.1. The minimum atomic E-state index is -5.12. The molecule has 2 heterocycles. The zero-order chi connectivity index (χ0) is 24.0. The lowest BCUT2D eigenvalue weighted by Gasteiger charge is -2.30. The molecule has 3 N–H and O–H groups in total. The van der Waals surface area contributed by atoms with Gasteiger partial charge in [-0.25, -0.2) is 9.07 Å². The van der Waals surface area contributed by atoms with Gasteiger partial charge in [-0.15, -0.1) is 6.58 Å². The number of nitrogens with zero attached hydrogens (tertiary/aromatic N) is 3. The van der Waals surface area contributed by atoms with E-state index in [0.717, 1.165) is 18.3 Å². The number of alkyl halides is 3. The monoisotopic (exact) mass is 458 g/mol. The van der Waals surface area contributed by atoms with Gasteiger partial charge in [0.05, 0.1) is 17.4 Å². The summed E-state index contributed by atoms with van der Waals surface area (Å²) in [4.78, 5) is 11.7. The highest BCUT2D eigenvalue weighted by Crippen LogP contribution is 2.45. The second kappa shape index (κ2) is 7.89. The van der Waals surface area contributed by atoms with Crippen molar-refractivity contribution in [2.24, 2.45) is 5.73 Å². The number of aromatic nitrogens is 3. The predicted octanol–water partition coefficient (Wildman–Crippen LogP) is 4.05. The highest BCUT2D eigenvalue weighted by atomic mass is 19.4. The van der Waals surface area contributed by atoms with Crippen LogP contribution in [0.5, 0.6) is 0 Å². The molecule has 0 saturated carbocycles. The number of halogens is 4. The van der Waals surface area contributed by atoms with Crippen LogP contribution >= 0.6 is 0 Å². The van der Waals surface area contributed by atoms with Crippen molar-refractivity contribution in [3.05, 3.63) is 96.2 Å². The molecule has 170 valence electrons. The summed E-state index contributed by atoms with van der Waals surface area (Å²) in [5.41, 5.74) is 1.63. The summed E-state index contributed by atoms with van der Waals surface area (Å²) < 4.78 is 58.6. The Bertz CT molecular complexity index is 1360. The highest BCUT2D eigenvalue weighted by molar-refractivity contribution is 5.91. The van der Waals surface area contributed by atoms with E-state index in [0.29, 0.717) is 16.6 Å². The van der Waals surface area contributed by atoms with Crippen LogP contribution in [0.4, 0.5) is 17.6 Å². The molecule has 4 rings (SSSR count). The van der Waals surface area contributed by atoms with Crippen molar-refractivity contribution in [3.8, 4) is 5.69 Å². The third kappa shape index (κ3) is 3.68. The van der Waals surface area contributed by atoms with Crippen molar-refractivity contribution in [2.75, 3.05) is 0 Å². The van der Waals surface area contributed by atoms with Crippen molar-refractivity contribution in [3.63, 3.8) is 0 Å². The van der Waals surface area contributed by atoms with Crippen molar-refractivity contribution < 1.29 is 27.5 Å². The molecule has 0 saturated heterocycles. The standard InChI is InChI=1S/C23H18F4N4O2/c1-2-9-30-13-16(11-20(30)21(28)32)22(33,23(25,26)27)15-3-8-19-14(10-15)12-29-31(19)18-6-4-17(24)5-7-18/h2-8,10-13,33H,1,9H2,(H2,28,32). The van der Waals surface area contributed by atoms with E-state index in [-0.39, 0.29) is 12.2 Å². The van der Waals surface area contributed by atoms with Crippen LogP contribution in [0, 0.1) is 5.82 Å². The Balaban J connectivity index is 1.87. The maximum absolute atomic E-state index is 14.3. The molecule has 0 bridgehead atoms. The molecule has 0 radical (unpaired) electrons. The van der Waals surface area contributed by atoms with Gasteiger partial charge in [0.15, 0.2) is 0 Å². The maximum Gasteiger partial charge on any atom is 0.425 e. The number of nitrogens with two attached hydrogens (primary N) is 1. The van der Waals surface area contributed by atoms with Crippen molar-refractivity contribution in [2.45, 2.75) is 18.3 Å². The second-order valence-electron chi connectivity index (χ2n) is 7.43. The minimum absolute atomic E-state index is 0.0235. The fraction of sp³-hybridized carbons (Fsp3) is 0.130. The number of carbonyl (C=O) groups excluding carboxylic acids is 1. The Morgan fingerprint density at radius 3 is 2.42 bits per heavy atom. The topological polar surface area (TPSA) is 86.1 Å². The number of allylic oxidation sites excluding steroid dienone is 1. The molecule has 4 aromatic rings. The molecule has 1 unspecified atom stereocenters. The van der Waals surface area contributed by atoms with Gasteiger partial charge in [0.25, 0.3) is 5.91 Å². The number of rotatable bonds is 6. The third-order valence-electron chi connectivity index (χ3n) is 5.36. The first-order valence-electron chi connectivity index (χ1n) is 9.71. The predicted molar refractivity (Wildman–Crippen MR) is 113 cm³/mol. The number of fused-ring (bicyclic) bond motifs is 1. The molecule has 0 aliphatic heterocycles. The zero-order valence-electron chi connectivity index (χ0n) is 17.1. The number of carbonyl (C=O) groups is 1. The highest BCUT2D eigenvalue weighted by Gasteiger charge is 2.57. The van der Waals surface area contributed by atoms with Crippen molar-refractivity contribution >= 4 is 16.8 Å². The van der Waals surface area contributed by atoms with Gasteiger partial charge < -0.3 is 15.4 Å². The van der Waals surface area contributed by atoms with E-state index in [1.165, 1.54) is 57.9 Å². The second-order valence-corrected chi connectivity index (χ2v) is 7.43. The first kappa shape index (κ1) is 22.3. The van der Waals surface area contributed by atoms with Crippen LogP contribution in [0.3, 0.4) is 0 Å². The van der Waals surface area contributed by atoms with E-state index in [9.17, 15) is 27.5 Å². The molecule has 1 amide bonds. The van der Waals surface area contributed by atoms with Gasteiger partial charge in [0.2, 0.25) is 5.60 Å². The number of benzene rings is 2. The van der Waals surface area contributed by atoms with Gasteiger partial charge in [-0.05, 0) is 48.0 Å². The molecule has 2 aromatic carbocycles. The third-order valence-corrected chi connectivity index (χ3v) is 5.36. The van der Waals surface area contributed by atoms with Gasteiger partial charge in [-0.1, -0.05) is 12.1 Å². The van der Waals surface area contributed by atoms with E-state index in [2.05, 4.69) is 11.7 Å². The smallest absolute Gasteiger partial charge is 0.372 e. The first-order chi connectivity index (χ1) is 15.6. The number of hydrogen-bond acceptors (Lipinski definition) is 3. The van der Waals surface area contributed by atoms with Crippen molar-refractivity contribution in [1.29, 1.82) is 0 Å². The van der Waals surface area contributed by atoms with Gasteiger partial charge >= 0.3 is 6.18 Å². The lowest BCUT2D eigenvalue weighted by atomic mass is 9.86. The molecule has 0 spiro atoms. The molecule has 10 heteroatoms. The van der Waals surface area contributed by atoms with Gasteiger partial charge in [0, 0.05) is 23.7 Å². The summed E-state index contributed by atoms with van der Waals surface area (Å²) in [6.45, 7) is 3.54. The van der Waals surface area contributed by atoms with Crippen LogP contribution in [0.25, 0.3) is 16.6 Å².